The Morgan fingerprint density at radius 3 is 2.35 bits per heavy atom. The van der Waals surface area contributed by atoms with Crippen molar-refractivity contribution < 1.29 is 13.2 Å². The van der Waals surface area contributed by atoms with Crippen LogP contribution in [0.2, 0.25) is 0 Å². The maximum absolute atomic E-state index is 11.7. The Hall–Kier alpha value is -0.170. The third kappa shape index (κ3) is 7.70. The molecule has 0 aliphatic carbocycles. The topological polar surface area (TPSA) is 72.6 Å². The van der Waals surface area contributed by atoms with Crippen LogP contribution in [0.3, 0.4) is 0 Å². The Morgan fingerprint density at radius 1 is 1.24 bits per heavy atom. The van der Waals surface area contributed by atoms with Crippen molar-refractivity contribution in [2.45, 2.75) is 25.5 Å². The molecular weight excluding hydrogens is 240 g/mol. The summed E-state index contributed by atoms with van der Waals surface area (Å²) in [4.78, 5) is 2.09. The van der Waals surface area contributed by atoms with Gasteiger partial charge in [0.25, 0.3) is 0 Å². The summed E-state index contributed by atoms with van der Waals surface area (Å²) in [6.07, 6.45) is 0.880. The molecule has 0 amide bonds. The van der Waals surface area contributed by atoms with Gasteiger partial charge in [0.2, 0.25) is 0 Å². The average molecular weight is 266 g/mol. The maximum Gasteiger partial charge on any atom is 0.153 e. The zero-order valence-electron chi connectivity index (χ0n) is 11.2. The van der Waals surface area contributed by atoms with Crippen LogP contribution in [0.4, 0.5) is 0 Å². The highest BCUT2D eigenvalue weighted by Crippen LogP contribution is 2.02. The van der Waals surface area contributed by atoms with Crippen molar-refractivity contribution in [3.8, 4) is 0 Å². The van der Waals surface area contributed by atoms with Crippen LogP contribution in [0.1, 0.15) is 20.3 Å². The summed E-state index contributed by atoms with van der Waals surface area (Å²) < 4.78 is 28.4. The summed E-state index contributed by atoms with van der Waals surface area (Å²) in [5, 5.41) is -0.304. The van der Waals surface area contributed by atoms with Crippen LogP contribution in [0.25, 0.3) is 0 Å². The van der Waals surface area contributed by atoms with Gasteiger partial charge in [-0.3, -0.25) is 4.90 Å². The molecule has 2 N–H and O–H groups in total. The van der Waals surface area contributed by atoms with Gasteiger partial charge in [-0.05, 0) is 33.4 Å². The standard InChI is InChI=1S/C11H26N2O3S/c1-11(2)17(14,15)10-8-13(6-4-5-12)7-9-16-3/h11H,4-10,12H2,1-3H3. The van der Waals surface area contributed by atoms with Crippen LogP contribution in [0, 0.1) is 0 Å². The van der Waals surface area contributed by atoms with Crippen molar-refractivity contribution in [2.24, 2.45) is 5.73 Å². The minimum atomic E-state index is -2.96. The second kappa shape index (κ2) is 8.85. The fourth-order valence-electron chi connectivity index (χ4n) is 1.36. The van der Waals surface area contributed by atoms with Gasteiger partial charge in [0.15, 0.2) is 9.84 Å². The fourth-order valence-corrected chi connectivity index (χ4v) is 2.35. The molecule has 104 valence electrons. The quantitative estimate of drug-likeness (QED) is 0.607. The molecule has 0 bridgehead atoms. The number of methoxy groups -OCH3 is 1. The van der Waals surface area contributed by atoms with Crippen LogP contribution in [0.5, 0.6) is 0 Å². The lowest BCUT2D eigenvalue weighted by Crippen LogP contribution is -2.35. The maximum atomic E-state index is 11.7. The molecule has 0 aromatic carbocycles. The first kappa shape index (κ1) is 16.8. The Bertz CT molecular complexity index is 270. The van der Waals surface area contributed by atoms with Crippen molar-refractivity contribution in [2.75, 3.05) is 45.6 Å². The summed E-state index contributed by atoms with van der Waals surface area (Å²) in [5.41, 5.74) is 5.46. The fraction of sp³-hybridized carbons (Fsp3) is 1.00. The number of rotatable bonds is 10. The molecule has 0 atom stereocenters. The number of nitrogens with two attached hydrogens (primary N) is 1. The lowest BCUT2D eigenvalue weighted by molar-refractivity contribution is 0.151. The van der Waals surface area contributed by atoms with E-state index in [2.05, 4.69) is 4.90 Å². The molecule has 0 radical (unpaired) electrons. The van der Waals surface area contributed by atoms with Gasteiger partial charge in [-0.25, -0.2) is 8.42 Å². The van der Waals surface area contributed by atoms with Crippen LogP contribution in [-0.4, -0.2) is 64.2 Å². The monoisotopic (exact) mass is 266 g/mol. The van der Waals surface area contributed by atoms with Gasteiger partial charge in [-0.2, -0.15) is 0 Å². The van der Waals surface area contributed by atoms with Gasteiger partial charge in [0, 0.05) is 20.2 Å². The zero-order chi connectivity index (χ0) is 13.3. The van der Waals surface area contributed by atoms with Crippen molar-refractivity contribution in [1.82, 2.24) is 4.90 Å². The summed E-state index contributed by atoms with van der Waals surface area (Å²) in [7, 11) is -1.31. The minimum Gasteiger partial charge on any atom is -0.383 e. The van der Waals surface area contributed by atoms with E-state index in [0.29, 0.717) is 19.7 Å². The molecular formula is C11H26N2O3S. The summed E-state index contributed by atoms with van der Waals surface area (Å²) in [6, 6.07) is 0. The lowest BCUT2D eigenvalue weighted by atomic mass is 10.4. The third-order valence-corrected chi connectivity index (χ3v) is 4.89. The van der Waals surface area contributed by atoms with Crippen molar-refractivity contribution in [3.63, 3.8) is 0 Å². The Balaban J connectivity index is 4.14. The SMILES string of the molecule is COCCN(CCCN)CCS(=O)(=O)C(C)C. The summed E-state index contributed by atoms with van der Waals surface area (Å²) in [6.45, 7) is 6.82. The molecule has 0 aliphatic heterocycles. The number of hydrogen-bond donors (Lipinski definition) is 1. The lowest BCUT2D eigenvalue weighted by Gasteiger charge is -2.22. The normalized spacial score (nSPS) is 12.6. The van der Waals surface area contributed by atoms with Crippen LogP contribution in [-0.2, 0) is 14.6 Å². The molecule has 0 saturated carbocycles. The van der Waals surface area contributed by atoms with Gasteiger partial charge in [0.1, 0.15) is 0 Å². The first-order valence-electron chi connectivity index (χ1n) is 6.07. The molecule has 0 aliphatic rings. The smallest absolute Gasteiger partial charge is 0.153 e. The zero-order valence-corrected chi connectivity index (χ0v) is 12.0. The van der Waals surface area contributed by atoms with E-state index in [9.17, 15) is 8.42 Å². The predicted octanol–water partition coefficient (Wildman–Crippen LogP) is 0.107. The van der Waals surface area contributed by atoms with E-state index in [4.69, 9.17) is 10.5 Å². The highest BCUT2D eigenvalue weighted by molar-refractivity contribution is 7.92. The van der Waals surface area contributed by atoms with E-state index in [0.717, 1.165) is 19.5 Å². The van der Waals surface area contributed by atoms with Gasteiger partial charge < -0.3 is 10.5 Å². The molecule has 0 rings (SSSR count). The molecule has 0 spiro atoms. The largest absolute Gasteiger partial charge is 0.383 e. The molecule has 17 heavy (non-hydrogen) atoms. The predicted molar refractivity (Wildman–Crippen MR) is 70.9 cm³/mol. The highest BCUT2D eigenvalue weighted by Gasteiger charge is 2.17. The molecule has 0 aromatic heterocycles. The molecule has 0 saturated heterocycles. The number of sulfone groups is 1. The van der Waals surface area contributed by atoms with Crippen molar-refractivity contribution >= 4 is 9.84 Å². The van der Waals surface area contributed by atoms with E-state index in [1.165, 1.54) is 0 Å². The van der Waals surface area contributed by atoms with Gasteiger partial charge >= 0.3 is 0 Å². The second-order valence-electron chi connectivity index (χ2n) is 4.39. The van der Waals surface area contributed by atoms with Gasteiger partial charge in [0.05, 0.1) is 17.6 Å². The van der Waals surface area contributed by atoms with Crippen LogP contribution in [0.15, 0.2) is 0 Å². The molecule has 0 heterocycles. The van der Waals surface area contributed by atoms with Crippen molar-refractivity contribution in [1.29, 1.82) is 0 Å². The third-order valence-electron chi connectivity index (χ3n) is 2.70. The number of hydrogen-bond acceptors (Lipinski definition) is 5. The molecule has 0 fully saturated rings. The summed E-state index contributed by atoms with van der Waals surface area (Å²) in [5.74, 6) is 0.207. The molecule has 6 heteroatoms. The second-order valence-corrected chi connectivity index (χ2v) is 7.07. The van der Waals surface area contributed by atoms with Gasteiger partial charge in [-0.15, -0.1) is 0 Å². The highest BCUT2D eigenvalue weighted by atomic mass is 32.2. The van der Waals surface area contributed by atoms with Crippen LogP contribution >= 0.6 is 0 Å². The average Bonchev–Trinajstić information content (AvgIpc) is 2.28. The van der Waals surface area contributed by atoms with E-state index < -0.39 is 9.84 Å². The Labute approximate surface area is 105 Å². The first-order valence-corrected chi connectivity index (χ1v) is 7.78. The molecule has 5 nitrogen and oxygen atoms in total. The van der Waals surface area contributed by atoms with E-state index >= 15 is 0 Å². The molecule has 0 aromatic rings. The first-order chi connectivity index (χ1) is 7.94. The Morgan fingerprint density at radius 2 is 1.88 bits per heavy atom. The van der Waals surface area contributed by atoms with E-state index in [1.54, 1.807) is 21.0 Å². The summed E-state index contributed by atoms with van der Waals surface area (Å²) >= 11 is 0. The number of ether oxygens (including phenoxy) is 1. The van der Waals surface area contributed by atoms with Crippen molar-refractivity contribution in [3.05, 3.63) is 0 Å². The van der Waals surface area contributed by atoms with E-state index in [1.807, 2.05) is 0 Å². The van der Waals surface area contributed by atoms with Crippen LogP contribution < -0.4 is 5.73 Å². The van der Waals surface area contributed by atoms with E-state index in [-0.39, 0.29) is 11.0 Å². The number of nitrogens with zero attached hydrogens (tertiary/aromatic N) is 1. The molecule has 0 unspecified atom stereocenters. The Kier molecular flexibility index (Phi) is 8.77. The van der Waals surface area contributed by atoms with Gasteiger partial charge in [-0.1, -0.05) is 0 Å². The minimum absolute atomic E-state index is 0.207.